The van der Waals surface area contributed by atoms with Gasteiger partial charge in [-0.25, -0.2) is 8.42 Å². The molecule has 0 aliphatic heterocycles. The third-order valence-electron chi connectivity index (χ3n) is 3.85. The zero-order chi connectivity index (χ0) is 19.5. The predicted octanol–water partition coefficient (Wildman–Crippen LogP) is 3.22. The van der Waals surface area contributed by atoms with E-state index in [1.165, 1.54) is 32.4 Å². The van der Waals surface area contributed by atoms with E-state index >= 15 is 0 Å². The molecular weight excluding hydrogens is 376 g/mol. The van der Waals surface area contributed by atoms with Gasteiger partial charge in [0.1, 0.15) is 5.75 Å². The van der Waals surface area contributed by atoms with E-state index in [4.69, 9.17) is 16.3 Å². The van der Waals surface area contributed by atoms with Crippen molar-refractivity contribution in [2.24, 2.45) is 0 Å². The number of anilines is 1. The Morgan fingerprint density at radius 3 is 2.46 bits per heavy atom. The van der Waals surface area contributed by atoms with Gasteiger partial charge in [-0.15, -0.1) is 0 Å². The lowest BCUT2D eigenvalue weighted by molar-refractivity contribution is -0.116. The summed E-state index contributed by atoms with van der Waals surface area (Å²) < 4.78 is 31.3. The van der Waals surface area contributed by atoms with Gasteiger partial charge in [0, 0.05) is 12.7 Å². The van der Waals surface area contributed by atoms with Crippen LogP contribution in [0.3, 0.4) is 0 Å². The van der Waals surface area contributed by atoms with E-state index in [0.29, 0.717) is 11.4 Å². The minimum atomic E-state index is -3.86. The topological polar surface area (TPSA) is 75.7 Å². The maximum absolute atomic E-state index is 12.6. The lowest BCUT2D eigenvalue weighted by Gasteiger charge is -2.18. The molecule has 0 heterocycles. The second-order valence-electron chi connectivity index (χ2n) is 5.92. The first kappa shape index (κ1) is 20.2. The van der Waals surface area contributed by atoms with Crippen molar-refractivity contribution < 1.29 is 17.9 Å². The molecule has 26 heavy (non-hydrogen) atoms. The fourth-order valence-electron chi connectivity index (χ4n) is 2.42. The van der Waals surface area contributed by atoms with E-state index in [1.807, 2.05) is 26.0 Å². The van der Waals surface area contributed by atoms with Gasteiger partial charge in [-0.3, -0.25) is 4.79 Å². The molecule has 0 atom stereocenters. The third-order valence-corrected chi connectivity index (χ3v) is 5.95. The highest BCUT2D eigenvalue weighted by Gasteiger charge is 2.24. The van der Waals surface area contributed by atoms with Crippen LogP contribution >= 0.6 is 11.6 Å². The van der Waals surface area contributed by atoms with Gasteiger partial charge in [-0.05, 0) is 43.7 Å². The van der Waals surface area contributed by atoms with Gasteiger partial charge in [0.05, 0.1) is 23.6 Å². The molecule has 0 bridgehead atoms. The van der Waals surface area contributed by atoms with Gasteiger partial charge in [-0.2, -0.15) is 4.31 Å². The summed E-state index contributed by atoms with van der Waals surface area (Å²) in [5.41, 5.74) is 2.64. The monoisotopic (exact) mass is 396 g/mol. The van der Waals surface area contributed by atoms with Crippen molar-refractivity contribution in [2.45, 2.75) is 18.7 Å². The number of hydrogen-bond donors (Lipinski definition) is 1. The second-order valence-corrected chi connectivity index (χ2v) is 8.38. The molecule has 140 valence electrons. The molecule has 0 radical (unpaired) electrons. The summed E-state index contributed by atoms with van der Waals surface area (Å²) in [6.45, 7) is 3.51. The van der Waals surface area contributed by atoms with E-state index in [0.717, 1.165) is 15.4 Å². The number of likely N-dealkylation sites (N-methyl/N-ethyl adjacent to an activating group) is 1. The third kappa shape index (κ3) is 4.55. The zero-order valence-electron chi connectivity index (χ0n) is 15.0. The van der Waals surface area contributed by atoms with Crippen LogP contribution in [0.4, 0.5) is 5.69 Å². The van der Waals surface area contributed by atoms with Crippen LogP contribution in [0, 0.1) is 13.8 Å². The Hall–Kier alpha value is -2.09. The number of ether oxygens (including phenoxy) is 1. The molecule has 8 heteroatoms. The molecule has 0 aliphatic rings. The van der Waals surface area contributed by atoms with Crippen LogP contribution in [0.1, 0.15) is 11.1 Å². The molecule has 6 nitrogen and oxygen atoms in total. The van der Waals surface area contributed by atoms with E-state index < -0.39 is 15.9 Å². The number of halogens is 1. The Morgan fingerprint density at radius 2 is 1.88 bits per heavy atom. The van der Waals surface area contributed by atoms with Crippen LogP contribution in [-0.4, -0.2) is 39.3 Å². The first-order valence-corrected chi connectivity index (χ1v) is 9.64. The average molecular weight is 397 g/mol. The normalized spacial score (nSPS) is 11.5. The first-order valence-electron chi connectivity index (χ1n) is 7.82. The van der Waals surface area contributed by atoms with Crippen molar-refractivity contribution in [3.05, 3.63) is 52.5 Å². The molecule has 1 N–H and O–H groups in total. The zero-order valence-corrected chi connectivity index (χ0v) is 16.6. The standard InChI is InChI=1S/C18H21ClN2O4S/c1-12-5-7-16(13(2)9-12)20-18(22)11-21(3)26(23,24)14-6-8-17(25-4)15(19)10-14/h5-10H,11H2,1-4H3,(H,20,22). The van der Waals surface area contributed by atoms with E-state index in [1.54, 1.807) is 6.07 Å². The van der Waals surface area contributed by atoms with E-state index in [2.05, 4.69) is 5.32 Å². The maximum Gasteiger partial charge on any atom is 0.243 e. The van der Waals surface area contributed by atoms with Crippen molar-refractivity contribution in [1.82, 2.24) is 4.31 Å². The van der Waals surface area contributed by atoms with Crippen molar-refractivity contribution in [2.75, 3.05) is 26.0 Å². The summed E-state index contributed by atoms with van der Waals surface area (Å²) in [6, 6.07) is 9.77. The summed E-state index contributed by atoms with van der Waals surface area (Å²) >= 11 is 6.00. The average Bonchev–Trinajstić information content (AvgIpc) is 2.57. The number of rotatable bonds is 6. The molecule has 0 aliphatic carbocycles. The number of nitrogens with zero attached hydrogens (tertiary/aromatic N) is 1. The van der Waals surface area contributed by atoms with Crippen molar-refractivity contribution in [3.63, 3.8) is 0 Å². The molecule has 0 unspecified atom stereocenters. The number of benzene rings is 2. The second kappa shape index (κ2) is 8.07. The van der Waals surface area contributed by atoms with Gasteiger partial charge >= 0.3 is 0 Å². The van der Waals surface area contributed by atoms with Gasteiger partial charge in [-0.1, -0.05) is 29.3 Å². The molecule has 2 aromatic carbocycles. The van der Waals surface area contributed by atoms with E-state index in [9.17, 15) is 13.2 Å². The number of amides is 1. The lowest BCUT2D eigenvalue weighted by atomic mass is 10.1. The van der Waals surface area contributed by atoms with E-state index in [-0.39, 0.29) is 16.5 Å². The molecular formula is C18H21ClN2O4S. The Labute approximate surface area is 158 Å². The predicted molar refractivity (Wildman–Crippen MR) is 102 cm³/mol. The smallest absolute Gasteiger partial charge is 0.243 e. The molecule has 0 saturated carbocycles. The number of carbonyl (C=O) groups excluding carboxylic acids is 1. The number of sulfonamides is 1. The highest BCUT2D eigenvalue weighted by Crippen LogP contribution is 2.28. The number of hydrogen-bond acceptors (Lipinski definition) is 4. The molecule has 0 fully saturated rings. The van der Waals surface area contributed by atoms with Crippen LogP contribution in [0.25, 0.3) is 0 Å². The SMILES string of the molecule is COc1ccc(S(=O)(=O)N(C)CC(=O)Nc2ccc(C)cc2C)cc1Cl. The van der Waals surface area contributed by atoms with Gasteiger partial charge in [0.15, 0.2) is 0 Å². The minimum Gasteiger partial charge on any atom is -0.495 e. The number of aryl methyl sites for hydroxylation is 2. The molecule has 2 rings (SSSR count). The van der Waals surface area contributed by atoms with Crippen molar-refractivity contribution in [3.8, 4) is 5.75 Å². The van der Waals surface area contributed by atoms with Crippen molar-refractivity contribution >= 4 is 33.2 Å². The summed E-state index contributed by atoms with van der Waals surface area (Å²) in [5, 5.41) is 2.91. The van der Waals surface area contributed by atoms with Gasteiger partial charge in [0.25, 0.3) is 0 Å². The fourth-order valence-corrected chi connectivity index (χ4v) is 3.89. The molecule has 0 saturated heterocycles. The molecule has 1 amide bonds. The minimum absolute atomic E-state index is 0.00915. The quantitative estimate of drug-likeness (QED) is 0.813. The van der Waals surface area contributed by atoms with Crippen LogP contribution in [0.5, 0.6) is 5.75 Å². The highest BCUT2D eigenvalue weighted by atomic mass is 35.5. The van der Waals surface area contributed by atoms with Crippen LogP contribution < -0.4 is 10.1 Å². The van der Waals surface area contributed by atoms with Crippen LogP contribution in [-0.2, 0) is 14.8 Å². The van der Waals surface area contributed by atoms with Gasteiger partial charge < -0.3 is 10.1 Å². The molecule has 0 spiro atoms. The van der Waals surface area contributed by atoms with Gasteiger partial charge in [0.2, 0.25) is 15.9 Å². The molecule has 2 aromatic rings. The maximum atomic E-state index is 12.6. The number of carbonyl (C=O) groups is 1. The largest absolute Gasteiger partial charge is 0.495 e. The Morgan fingerprint density at radius 1 is 1.19 bits per heavy atom. The van der Waals surface area contributed by atoms with Crippen LogP contribution in [0.15, 0.2) is 41.3 Å². The fraction of sp³-hybridized carbons (Fsp3) is 0.278. The molecule has 0 aromatic heterocycles. The summed E-state index contributed by atoms with van der Waals surface area (Å²) in [7, 11) is -1.07. The van der Waals surface area contributed by atoms with Crippen molar-refractivity contribution in [1.29, 1.82) is 0 Å². The Kier molecular flexibility index (Phi) is 6.28. The number of nitrogens with one attached hydrogen (secondary N) is 1. The Balaban J connectivity index is 2.13. The summed E-state index contributed by atoms with van der Waals surface area (Å²) in [5.74, 6) is -0.0523. The highest BCUT2D eigenvalue weighted by molar-refractivity contribution is 7.89. The Bertz CT molecular complexity index is 929. The lowest BCUT2D eigenvalue weighted by Crippen LogP contribution is -2.35. The first-order chi connectivity index (χ1) is 12.1. The van der Waals surface area contributed by atoms with Crippen LogP contribution in [0.2, 0.25) is 5.02 Å². The summed E-state index contributed by atoms with van der Waals surface area (Å²) in [4.78, 5) is 12.2. The number of methoxy groups -OCH3 is 1. The summed E-state index contributed by atoms with van der Waals surface area (Å²) in [6.07, 6.45) is 0.